The van der Waals surface area contributed by atoms with Gasteiger partial charge >= 0.3 is 12.2 Å². The summed E-state index contributed by atoms with van der Waals surface area (Å²) in [6.45, 7) is 3.59. The van der Waals surface area contributed by atoms with Crippen LogP contribution in [-0.4, -0.2) is 44.9 Å². The second kappa shape index (κ2) is 6.76. The molecule has 142 valence electrons. The van der Waals surface area contributed by atoms with E-state index in [1.165, 1.54) is 4.90 Å². The molecule has 3 heterocycles. The molecule has 0 aliphatic carbocycles. The van der Waals surface area contributed by atoms with Crippen LogP contribution in [0.15, 0.2) is 18.3 Å². The number of imide groups is 1. The second-order valence-electron chi connectivity index (χ2n) is 5.93. The minimum atomic E-state index is -4.92. The van der Waals surface area contributed by atoms with Crippen LogP contribution < -0.4 is 4.90 Å². The van der Waals surface area contributed by atoms with Gasteiger partial charge in [0.1, 0.15) is 5.82 Å². The number of carbonyl (C=O) groups excluding carboxylic acids is 2. The molecular weight excluding hydrogens is 387 g/mol. The number of hydrogen-bond donors (Lipinski definition) is 0. The molecule has 3 amide bonds. The maximum absolute atomic E-state index is 13.2. The summed E-state index contributed by atoms with van der Waals surface area (Å²) in [5.74, 6) is -0.813. The minimum Gasteiger partial charge on any atom is -0.276 e. The number of carbonyl (C=O) groups is 2. The number of amides is 3. The molecule has 0 unspecified atom stereocenters. The maximum Gasteiger partial charge on any atom is 0.434 e. The predicted molar refractivity (Wildman–Crippen MR) is 89.5 cm³/mol. The average Bonchev–Trinajstić information content (AvgIpc) is 2.94. The molecule has 2 aromatic heterocycles. The van der Waals surface area contributed by atoms with Gasteiger partial charge < -0.3 is 0 Å². The molecule has 0 spiro atoms. The molecule has 11 heteroatoms. The van der Waals surface area contributed by atoms with E-state index in [4.69, 9.17) is 11.6 Å². The zero-order valence-electron chi connectivity index (χ0n) is 14.2. The molecule has 0 N–H and O–H groups in total. The highest BCUT2D eigenvalue weighted by atomic mass is 35.5. The smallest absolute Gasteiger partial charge is 0.276 e. The van der Waals surface area contributed by atoms with Crippen LogP contribution >= 0.6 is 11.6 Å². The van der Waals surface area contributed by atoms with Crippen LogP contribution in [0.1, 0.15) is 27.3 Å². The van der Waals surface area contributed by atoms with Crippen LogP contribution in [0.5, 0.6) is 0 Å². The Morgan fingerprint density at radius 3 is 2.52 bits per heavy atom. The largest absolute Gasteiger partial charge is 0.434 e. The van der Waals surface area contributed by atoms with Crippen molar-refractivity contribution in [3.8, 4) is 0 Å². The molecule has 0 bridgehead atoms. The Balaban J connectivity index is 1.93. The number of alkyl halides is 3. The van der Waals surface area contributed by atoms with Crippen molar-refractivity contribution in [1.82, 2.24) is 19.9 Å². The zero-order valence-corrected chi connectivity index (χ0v) is 15.0. The molecule has 1 saturated heterocycles. The average molecular weight is 400 g/mol. The van der Waals surface area contributed by atoms with Crippen LogP contribution in [0.3, 0.4) is 0 Å². The summed E-state index contributed by atoms with van der Waals surface area (Å²) in [7, 11) is 0. The number of nitrogens with zero attached hydrogens (tertiary/aromatic N) is 5. The molecule has 0 aromatic carbocycles. The lowest BCUT2D eigenvalue weighted by atomic mass is 10.2. The fourth-order valence-electron chi connectivity index (χ4n) is 2.77. The van der Waals surface area contributed by atoms with Crippen molar-refractivity contribution in [2.24, 2.45) is 0 Å². The zero-order chi connectivity index (χ0) is 19.9. The van der Waals surface area contributed by atoms with Crippen LogP contribution in [0.4, 0.5) is 23.8 Å². The fourth-order valence-corrected chi connectivity index (χ4v) is 2.91. The highest BCUT2D eigenvalue weighted by molar-refractivity contribution is 6.28. The van der Waals surface area contributed by atoms with E-state index in [-0.39, 0.29) is 13.1 Å². The first-order chi connectivity index (χ1) is 12.6. The Kier molecular flexibility index (Phi) is 4.77. The van der Waals surface area contributed by atoms with Crippen molar-refractivity contribution in [2.45, 2.75) is 20.0 Å². The van der Waals surface area contributed by atoms with Crippen molar-refractivity contribution < 1.29 is 22.8 Å². The molecule has 27 heavy (non-hydrogen) atoms. The summed E-state index contributed by atoms with van der Waals surface area (Å²) in [5, 5.41) is -0.646. The summed E-state index contributed by atoms with van der Waals surface area (Å²) in [5.41, 5.74) is -0.785. The Bertz CT molecular complexity index is 915. The quantitative estimate of drug-likeness (QED) is 0.724. The van der Waals surface area contributed by atoms with Gasteiger partial charge in [0.2, 0.25) is 5.28 Å². The molecule has 3 rings (SSSR count). The Hall–Kier alpha value is -2.75. The number of aromatic nitrogens is 3. The molecule has 2 aromatic rings. The number of urea groups is 1. The van der Waals surface area contributed by atoms with E-state index in [1.807, 2.05) is 13.0 Å². The van der Waals surface area contributed by atoms with E-state index in [0.29, 0.717) is 22.6 Å². The summed E-state index contributed by atoms with van der Waals surface area (Å²) >= 11 is 5.42. The van der Waals surface area contributed by atoms with Crippen molar-refractivity contribution in [3.05, 3.63) is 46.1 Å². The molecule has 0 saturated carbocycles. The molecule has 1 fully saturated rings. The van der Waals surface area contributed by atoms with Gasteiger partial charge in [-0.25, -0.2) is 19.7 Å². The third-order valence-electron chi connectivity index (χ3n) is 3.87. The van der Waals surface area contributed by atoms with E-state index >= 15 is 0 Å². The number of pyridine rings is 1. The monoisotopic (exact) mass is 399 g/mol. The molecule has 1 aliphatic heterocycles. The van der Waals surface area contributed by atoms with E-state index in [2.05, 4.69) is 15.0 Å². The van der Waals surface area contributed by atoms with Gasteiger partial charge in [-0.2, -0.15) is 13.2 Å². The topological polar surface area (TPSA) is 79.3 Å². The number of halogens is 4. The van der Waals surface area contributed by atoms with Gasteiger partial charge in [-0.05, 0) is 43.1 Å². The molecule has 7 nitrogen and oxygen atoms in total. The first-order valence-electron chi connectivity index (χ1n) is 7.76. The first kappa shape index (κ1) is 19.0. The standard InChI is InChI=1S/C16H13ClF3N5O2/c1-8-5-9(2)22-11(6-8)24-3-4-25(15(24)27)13(26)10-7-21-14(17)23-12(10)16(18,19)20/h5-7H,3-4H2,1-2H3. The molecule has 0 atom stereocenters. The van der Waals surface area contributed by atoms with Crippen molar-refractivity contribution in [1.29, 1.82) is 0 Å². The van der Waals surface area contributed by atoms with E-state index in [9.17, 15) is 22.8 Å². The van der Waals surface area contributed by atoms with Gasteiger partial charge in [-0.15, -0.1) is 0 Å². The maximum atomic E-state index is 13.2. The first-order valence-corrected chi connectivity index (χ1v) is 8.14. The molecule has 1 aliphatic rings. The van der Waals surface area contributed by atoms with Gasteiger partial charge in [-0.1, -0.05) is 0 Å². The van der Waals surface area contributed by atoms with Gasteiger partial charge in [0, 0.05) is 25.0 Å². The summed E-state index contributed by atoms with van der Waals surface area (Å²) in [6, 6.07) is 2.71. The number of rotatable bonds is 2. The SMILES string of the molecule is Cc1cc(C)nc(N2CCN(C(=O)c3cnc(Cl)nc3C(F)(F)F)C2=O)c1. The number of anilines is 1. The third-order valence-corrected chi connectivity index (χ3v) is 4.06. The predicted octanol–water partition coefficient (Wildman–Crippen LogP) is 3.24. The lowest BCUT2D eigenvalue weighted by Crippen LogP contribution is -2.37. The third kappa shape index (κ3) is 3.70. The van der Waals surface area contributed by atoms with Crippen molar-refractivity contribution >= 4 is 29.4 Å². The summed E-state index contributed by atoms with van der Waals surface area (Å²) in [4.78, 5) is 37.9. The van der Waals surface area contributed by atoms with Crippen LogP contribution in [0.2, 0.25) is 5.28 Å². The molecule has 0 radical (unpaired) electrons. The van der Waals surface area contributed by atoms with Gasteiger partial charge in [0.25, 0.3) is 5.91 Å². The van der Waals surface area contributed by atoms with Crippen LogP contribution in [0.25, 0.3) is 0 Å². The highest BCUT2D eigenvalue weighted by Gasteiger charge is 2.42. The lowest BCUT2D eigenvalue weighted by molar-refractivity contribution is -0.141. The Labute approximate surface area is 156 Å². The van der Waals surface area contributed by atoms with Crippen LogP contribution in [0, 0.1) is 13.8 Å². The van der Waals surface area contributed by atoms with Crippen LogP contribution in [-0.2, 0) is 6.18 Å². The second-order valence-corrected chi connectivity index (χ2v) is 6.27. The van der Waals surface area contributed by atoms with Crippen molar-refractivity contribution in [2.75, 3.05) is 18.0 Å². The van der Waals surface area contributed by atoms with Crippen molar-refractivity contribution in [3.63, 3.8) is 0 Å². The number of hydrogen-bond acceptors (Lipinski definition) is 5. The summed E-state index contributed by atoms with van der Waals surface area (Å²) in [6.07, 6.45) is -4.25. The summed E-state index contributed by atoms with van der Waals surface area (Å²) < 4.78 is 39.5. The Morgan fingerprint density at radius 1 is 1.19 bits per heavy atom. The number of aryl methyl sites for hydroxylation is 2. The minimum absolute atomic E-state index is 0.0910. The highest BCUT2D eigenvalue weighted by Crippen LogP contribution is 2.32. The van der Waals surface area contributed by atoms with E-state index in [0.717, 1.165) is 5.56 Å². The van der Waals surface area contributed by atoms with Gasteiger partial charge in [0.05, 0.1) is 5.56 Å². The van der Waals surface area contributed by atoms with Gasteiger partial charge in [0.15, 0.2) is 5.69 Å². The molecular formula is C16H13ClF3N5O2. The fraction of sp³-hybridized carbons (Fsp3) is 0.312. The van der Waals surface area contributed by atoms with Gasteiger partial charge in [-0.3, -0.25) is 14.6 Å². The Morgan fingerprint density at radius 2 is 1.89 bits per heavy atom. The van der Waals surface area contributed by atoms with E-state index in [1.54, 1.807) is 13.0 Å². The lowest BCUT2D eigenvalue weighted by Gasteiger charge is -2.19. The van der Waals surface area contributed by atoms with E-state index < -0.39 is 34.7 Å². The normalized spacial score (nSPS) is 14.8.